The summed E-state index contributed by atoms with van der Waals surface area (Å²) in [6.45, 7) is 5.24. The minimum atomic E-state index is 0.0189. The molecule has 2 unspecified atom stereocenters. The molecule has 1 fully saturated rings. The molecule has 4 heteroatoms. The second-order valence-electron chi connectivity index (χ2n) is 6.76. The largest absolute Gasteiger partial charge is 0.329 e. The van der Waals surface area contributed by atoms with E-state index in [2.05, 4.69) is 43.0 Å². The summed E-state index contributed by atoms with van der Waals surface area (Å²) in [4.78, 5) is 4.91. The van der Waals surface area contributed by atoms with Crippen molar-refractivity contribution in [3.63, 3.8) is 0 Å². The summed E-state index contributed by atoms with van der Waals surface area (Å²) in [6.07, 6.45) is 3.52. The van der Waals surface area contributed by atoms with Gasteiger partial charge in [-0.25, -0.2) is 0 Å². The zero-order chi connectivity index (χ0) is 15.5. The highest BCUT2D eigenvalue weighted by Gasteiger charge is 2.38. The highest BCUT2D eigenvalue weighted by molar-refractivity contribution is 6.30. The summed E-state index contributed by atoms with van der Waals surface area (Å²) in [5.74, 6) is 0. The standard InChI is InChI=1S/C17H28ClN3/c1-17(13-19,11-14-6-8-15(18)9-7-14)21-10-4-5-16(21)12-20(2)3/h6-9,16H,4-5,10-13,19H2,1-3H3. The van der Waals surface area contributed by atoms with Gasteiger partial charge in [-0.15, -0.1) is 0 Å². The number of halogens is 1. The first-order valence-corrected chi connectivity index (χ1v) is 8.18. The number of nitrogens with two attached hydrogens (primary N) is 1. The molecule has 0 bridgehead atoms. The summed E-state index contributed by atoms with van der Waals surface area (Å²) in [6, 6.07) is 8.78. The van der Waals surface area contributed by atoms with E-state index in [1.165, 1.54) is 18.4 Å². The maximum Gasteiger partial charge on any atom is 0.0406 e. The Hall–Kier alpha value is -0.610. The van der Waals surface area contributed by atoms with Gasteiger partial charge in [0.25, 0.3) is 0 Å². The molecule has 1 aromatic carbocycles. The molecule has 2 rings (SSSR count). The van der Waals surface area contributed by atoms with Crippen molar-refractivity contribution < 1.29 is 0 Å². The Bertz CT molecular complexity index is 446. The molecule has 1 aromatic rings. The maximum absolute atomic E-state index is 6.18. The molecule has 1 aliphatic heterocycles. The Kier molecular flexibility index (Phi) is 5.67. The molecular formula is C17H28ClN3. The molecule has 0 radical (unpaired) electrons. The lowest BCUT2D eigenvalue weighted by Crippen LogP contribution is -2.56. The van der Waals surface area contributed by atoms with Gasteiger partial charge in [0.2, 0.25) is 0 Å². The fraction of sp³-hybridized carbons (Fsp3) is 0.647. The lowest BCUT2D eigenvalue weighted by molar-refractivity contribution is 0.0815. The minimum absolute atomic E-state index is 0.0189. The Labute approximate surface area is 134 Å². The van der Waals surface area contributed by atoms with Crippen LogP contribution in [0.4, 0.5) is 0 Å². The van der Waals surface area contributed by atoms with Gasteiger partial charge in [-0.3, -0.25) is 4.90 Å². The third kappa shape index (κ3) is 4.19. The van der Waals surface area contributed by atoms with Crippen LogP contribution in [0.25, 0.3) is 0 Å². The van der Waals surface area contributed by atoms with Gasteiger partial charge in [0.05, 0.1) is 0 Å². The van der Waals surface area contributed by atoms with E-state index >= 15 is 0 Å². The predicted octanol–water partition coefficient (Wildman–Crippen LogP) is 2.63. The average Bonchev–Trinajstić information content (AvgIpc) is 2.89. The molecule has 0 amide bonds. The highest BCUT2D eigenvalue weighted by atomic mass is 35.5. The van der Waals surface area contributed by atoms with Gasteiger partial charge < -0.3 is 10.6 Å². The number of rotatable bonds is 6. The average molecular weight is 310 g/mol. The van der Waals surface area contributed by atoms with Gasteiger partial charge in [-0.1, -0.05) is 23.7 Å². The lowest BCUT2D eigenvalue weighted by atomic mass is 9.90. The topological polar surface area (TPSA) is 32.5 Å². The van der Waals surface area contributed by atoms with Crippen LogP contribution in [-0.4, -0.2) is 55.1 Å². The van der Waals surface area contributed by atoms with E-state index in [1.54, 1.807) is 0 Å². The van der Waals surface area contributed by atoms with E-state index in [0.717, 1.165) is 24.5 Å². The fourth-order valence-corrected chi connectivity index (χ4v) is 3.62. The summed E-state index contributed by atoms with van der Waals surface area (Å²) in [7, 11) is 4.30. The van der Waals surface area contributed by atoms with Crippen LogP contribution in [0.5, 0.6) is 0 Å². The molecule has 118 valence electrons. The highest BCUT2D eigenvalue weighted by Crippen LogP contribution is 2.30. The van der Waals surface area contributed by atoms with Crippen molar-refractivity contribution in [2.24, 2.45) is 5.73 Å². The molecule has 0 aromatic heterocycles. The normalized spacial score (nSPS) is 22.7. The van der Waals surface area contributed by atoms with Gasteiger partial charge >= 0.3 is 0 Å². The number of hydrogen-bond donors (Lipinski definition) is 1. The molecule has 0 spiro atoms. The van der Waals surface area contributed by atoms with Gasteiger partial charge in [0.15, 0.2) is 0 Å². The second-order valence-corrected chi connectivity index (χ2v) is 7.19. The molecule has 21 heavy (non-hydrogen) atoms. The first kappa shape index (κ1) is 16.8. The van der Waals surface area contributed by atoms with Crippen molar-refractivity contribution in [1.82, 2.24) is 9.80 Å². The smallest absolute Gasteiger partial charge is 0.0406 e. The van der Waals surface area contributed by atoms with Crippen LogP contribution in [0.2, 0.25) is 5.02 Å². The number of hydrogen-bond acceptors (Lipinski definition) is 3. The minimum Gasteiger partial charge on any atom is -0.329 e. The number of benzene rings is 1. The molecule has 1 aliphatic rings. The van der Waals surface area contributed by atoms with E-state index < -0.39 is 0 Å². The first-order chi connectivity index (χ1) is 9.94. The van der Waals surface area contributed by atoms with E-state index in [1.807, 2.05) is 12.1 Å². The fourth-order valence-electron chi connectivity index (χ4n) is 3.49. The van der Waals surface area contributed by atoms with E-state index in [4.69, 9.17) is 17.3 Å². The van der Waals surface area contributed by atoms with Crippen molar-refractivity contribution in [1.29, 1.82) is 0 Å². The van der Waals surface area contributed by atoms with Crippen molar-refractivity contribution in [2.75, 3.05) is 33.7 Å². The van der Waals surface area contributed by atoms with Crippen LogP contribution in [0.1, 0.15) is 25.3 Å². The maximum atomic E-state index is 6.18. The second kappa shape index (κ2) is 7.10. The van der Waals surface area contributed by atoms with Crippen LogP contribution in [0, 0.1) is 0 Å². The molecule has 2 atom stereocenters. The van der Waals surface area contributed by atoms with Crippen LogP contribution in [0.3, 0.4) is 0 Å². The quantitative estimate of drug-likeness (QED) is 0.877. The molecule has 1 saturated heterocycles. The number of likely N-dealkylation sites (tertiary alicyclic amines) is 1. The van der Waals surface area contributed by atoms with Crippen LogP contribution in [0.15, 0.2) is 24.3 Å². The third-order valence-electron chi connectivity index (χ3n) is 4.58. The van der Waals surface area contributed by atoms with Gasteiger partial charge in [-0.05, 0) is 64.5 Å². The van der Waals surface area contributed by atoms with E-state index in [-0.39, 0.29) is 5.54 Å². The summed E-state index contributed by atoms with van der Waals surface area (Å²) < 4.78 is 0. The van der Waals surface area contributed by atoms with Gasteiger partial charge in [-0.2, -0.15) is 0 Å². The number of likely N-dealkylation sites (N-methyl/N-ethyl adjacent to an activating group) is 1. The zero-order valence-corrected chi connectivity index (χ0v) is 14.2. The molecule has 2 N–H and O–H groups in total. The lowest BCUT2D eigenvalue weighted by Gasteiger charge is -2.43. The molecule has 0 aliphatic carbocycles. The summed E-state index contributed by atoms with van der Waals surface area (Å²) in [5, 5.41) is 0.792. The van der Waals surface area contributed by atoms with Gasteiger partial charge in [0.1, 0.15) is 0 Å². The molecule has 1 heterocycles. The SMILES string of the molecule is CN(C)CC1CCCN1C(C)(CN)Cc1ccc(Cl)cc1. The predicted molar refractivity (Wildman–Crippen MR) is 90.9 cm³/mol. The summed E-state index contributed by atoms with van der Waals surface area (Å²) in [5.41, 5.74) is 7.50. The van der Waals surface area contributed by atoms with Crippen molar-refractivity contribution >= 4 is 11.6 Å². The zero-order valence-electron chi connectivity index (χ0n) is 13.5. The molecule has 0 saturated carbocycles. The van der Waals surface area contributed by atoms with Crippen LogP contribution < -0.4 is 5.73 Å². The summed E-state index contributed by atoms with van der Waals surface area (Å²) >= 11 is 5.98. The Balaban J connectivity index is 2.13. The van der Waals surface area contributed by atoms with E-state index in [0.29, 0.717) is 12.6 Å². The Morgan fingerprint density at radius 2 is 2.00 bits per heavy atom. The monoisotopic (exact) mass is 309 g/mol. The van der Waals surface area contributed by atoms with Crippen molar-refractivity contribution in [3.8, 4) is 0 Å². The van der Waals surface area contributed by atoms with E-state index in [9.17, 15) is 0 Å². The Morgan fingerprint density at radius 1 is 1.33 bits per heavy atom. The molecular weight excluding hydrogens is 282 g/mol. The van der Waals surface area contributed by atoms with Crippen LogP contribution in [-0.2, 0) is 6.42 Å². The Morgan fingerprint density at radius 3 is 2.57 bits per heavy atom. The van der Waals surface area contributed by atoms with Gasteiger partial charge in [0, 0.05) is 29.7 Å². The molecule has 3 nitrogen and oxygen atoms in total. The third-order valence-corrected chi connectivity index (χ3v) is 4.84. The first-order valence-electron chi connectivity index (χ1n) is 7.80. The van der Waals surface area contributed by atoms with Crippen molar-refractivity contribution in [2.45, 2.75) is 37.8 Å². The van der Waals surface area contributed by atoms with Crippen molar-refractivity contribution in [3.05, 3.63) is 34.9 Å². The van der Waals surface area contributed by atoms with Crippen LogP contribution >= 0.6 is 11.6 Å². The number of nitrogens with zero attached hydrogens (tertiary/aromatic N) is 2.